The van der Waals surface area contributed by atoms with Gasteiger partial charge in [-0.15, -0.1) is 0 Å². The fourth-order valence-corrected chi connectivity index (χ4v) is 3.86. The highest BCUT2D eigenvalue weighted by Crippen LogP contribution is 2.19. The molecule has 0 saturated carbocycles. The summed E-state index contributed by atoms with van der Waals surface area (Å²) in [6.45, 7) is 11.5. The van der Waals surface area contributed by atoms with Gasteiger partial charge in [-0.05, 0) is 48.6 Å². The van der Waals surface area contributed by atoms with Crippen molar-refractivity contribution in [2.75, 3.05) is 44.6 Å². The monoisotopic (exact) mass is 424 g/mol. The second kappa shape index (κ2) is 10.4. The SMILES string of the molecule is Cc1cccc(C)c1NC(=O)C[NH+]1CCN(C(=O)COc2ccc(C(C)C)cc2)CC1. The van der Waals surface area contributed by atoms with E-state index in [-0.39, 0.29) is 18.4 Å². The van der Waals surface area contributed by atoms with Gasteiger partial charge in [0.25, 0.3) is 11.8 Å². The van der Waals surface area contributed by atoms with Crippen LogP contribution in [0.4, 0.5) is 5.69 Å². The lowest BCUT2D eigenvalue weighted by Gasteiger charge is -2.31. The van der Waals surface area contributed by atoms with Crippen LogP contribution in [0.2, 0.25) is 0 Å². The maximum atomic E-state index is 12.5. The minimum atomic E-state index is -0.00743. The van der Waals surface area contributed by atoms with E-state index >= 15 is 0 Å². The zero-order valence-corrected chi connectivity index (χ0v) is 19.0. The van der Waals surface area contributed by atoms with Crippen molar-refractivity contribution in [2.45, 2.75) is 33.6 Å². The molecule has 0 atom stereocenters. The van der Waals surface area contributed by atoms with Gasteiger partial charge in [-0.3, -0.25) is 9.59 Å². The molecule has 31 heavy (non-hydrogen) atoms. The maximum Gasteiger partial charge on any atom is 0.279 e. The molecule has 0 radical (unpaired) electrons. The van der Waals surface area contributed by atoms with Gasteiger partial charge < -0.3 is 19.9 Å². The van der Waals surface area contributed by atoms with Gasteiger partial charge in [0.15, 0.2) is 13.2 Å². The molecule has 0 bridgehead atoms. The van der Waals surface area contributed by atoms with Gasteiger partial charge in [0.05, 0.1) is 26.2 Å². The van der Waals surface area contributed by atoms with E-state index in [4.69, 9.17) is 4.74 Å². The number of benzene rings is 2. The molecule has 0 unspecified atom stereocenters. The van der Waals surface area contributed by atoms with Crippen LogP contribution in [0.15, 0.2) is 42.5 Å². The van der Waals surface area contributed by atoms with E-state index in [2.05, 4.69) is 19.2 Å². The molecule has 0 aliphatic carbocycles. The molecule has 2 aromatic rings. The second-order valence-corrected chi connectivity index (χ2v) is 8.63. The van der Waals surface area contributed by atoms with Crippen molar-refractivity contribution < 1.29 is 19.2 Å². The number of nitrogens with zero attached hydrogens (tertiary/aromatic N) is 1. The first-order chi connectivity index (χ1) is 14.8. The van der Waals surface area contributed by atoms with Crippen LogP contribution < -0.4 is 15.0 Å². The lowest BCUT2D eigenvalue weighted by atomic mass is 10.0. The van der Waals surface area contributed by atoms with Crippen LogP contribution in [0, 0.1) is 13.8 Å². The summed E-state index contributed by atoms with van der Waals surface area (Å²) >= 11 is 0. The van der Waals surface area contributed by atoms with Gasteiger partial charge >= 0.3 is 0 Å². The third-order valence-electron chi connectivity index (χ3n) is 5.89. The summed E-state index contributed by atoms with van der Waals surface area (Å²) < 4.78 is 5.67. The van der Waals surface area contributed by atoms with Gasteiger partial charge in [0.1, 0.15) is 5.75 Å². The number of para-hydroxylation sites is 1. The van der Waals surface area contributed by atoms with E-state index in [0.717, 1.165) is 29.9 Å². The number of ether oxygens (including phenoxy) is 1. The number of anilines is 1. The van der Waals surface area contributed by atoms with Gasteiger partial charge in [0, 0.05) is 5.69 Å². The molecule has 1 aliphatic heterocycles. The number of carbonyl (C=O) groups excluding carboxylic acids is 2. The average Bonchev–Trinajstić information content (AvgIpc) is 2.75. The van der Waals surface area contributed by atoms with E-state index < -0.39 is 0 Å². The number of hydrogen-bond acceptors (Lipinski definition) is 3. The molecule has 1 saturated heterocycles. The van der Waals surface area contributed by atoms with E-state index in [1.165, 1.54) is 10.5 Å². The summed E-state index contributed by atoms with van der Waals surface area (Å²) in [5.74, 6) is 1.19. The van der Waals surface area contributed by atoms with E-state index in [0.29, 0.717) is 31.3 Å². The fourth-order valence-electron chi connectivity index (χ4n) is 3.86. The normalized spacial score (nSPS) is 14.5. The van der Waals surface area contributed by atoms with Crippen LogP contribution in [0.5, 0.6) is 5.75 Å². The molecule has 6 heteroatoms. The summed E-state index contributed by atoms with van der Waals surface area (Å²) in [5.41, 5.74) is 4.29. The number of amides is 2. The highest BCUT2D eigenvalue weighted by molar-refractivity contribution is 5.93. The fraction of sp³-hybridized carbons (Fsp3) is 0.440. The van der Waals surface area contributed by atoms with Crippen LogP contribution in [-0.2, 0) is 9.59 Å². The maximum absolute atomic E-state index is 12.5. The highest BCUT2D eigenvalue weighted by atomic mass is 16.5. The number of aryl methyl sites for hydroxylation is 2. The van der Waals surface area contributed by atoms with E-state index in [1.54, 1.807) is 0 Å². The topological polar surface area (TPSA) is 63.1 Å². The Hall–Kier alpha value is -2.86. The van der Waals surface area contributed by atoms with E-state index in [1.807, 2.05) is 61.2 Å². The standard InChI is InChI=1S/C25H33N3O3/c1-18(2)21-8-10-22(11-9-21)31-17-24(30)28-14-12-27(13-15-28)16-23(29)26-25-19(3)6-5-7-20(25)4/h5-11,18H,12-17H2,1-4H3,(H,26,29)/p+1. The predicted octanol–water partition coefficient (Wildman–Crippen LogP) is 2.17. The summed E-state index contributed by atoms with van der Waals surface area (Å²) in [7, 11) is 0. The largest absolute Gasteiger partial charge is 0.484 e. The van der Waals surface area contributed by atoms with Crippen molar-refractivity contribution >= 4 is 17.5 Å². The number of hydrogen-bond donors (Lipinski definition) is 2. The van der Waals surface area contributed by atoms with Gasteiger partial charge in [-0.1, -0.05) is 44.2 Å². The van der Waals surface area contributed by atoms with Crippen molar-refractivity contribution in [3.05, 3.63) is 59.2 Å². The zero-order valence-electron chi connectivity index (χ0n) is 19.0. The van der Waals surface area contributed by atoms with Gasteiger partial charge in [-0.25, -0.2) is 0 Å². The van der Waals surface area contributed by atoms with Gasteiger partial charge in [0.2, 0.25) is 0 Å². The number of carbonyl (C=O) groups is 2. The van der Waals surface area contributed by atoms with Crippen LogP contribution in [0.1, 0.15) is 36.5 Å². The van der Waals surface area contributed by atoms with Crippen molar-refractivity contribution in [3.8, 4) is 5.75 Å². The Kier molecular flexibility index (Phi) is 7.69. The third-order valence-corrected chi connectivity index (χ3v) is 5.89. The Labute approximate surface area is 185 Å². The Morgan fingerprint density at radius 3 is 2.23 bits per heavy atom. The molecule has 166 valence electrons. The molecular formula is C25H34N3O3+. The minimum absolute atomic E-state index is 0.00743. The average molecular weight is 425 g/mol. The molecule has 1 heterocycles. The van der Waals surface area contributed by atoms with Crippen LogP contribution >= 0.6 is 0 Å². The summed E-state index contributed by atoms with van der Waals surface area (Å²) in [5, 5.41) is 3.05. The number of nitrogens with one attached hydrogen (secondary N) is 2. The molecule has 0 spiro atoms. The van der Waals surface area contributed by atoms with Crippen molar-refractivity contribution in [3.63, 3.8) is 0 Å². The molecule has 2 amide bonds. The lowest BCUT2D eigenvalue weighted by Crippen LogP contribution is -3.15. The Bertz CT molecular complexity index is 880. The van der Waals surface area contributed by atoms with Crippen LogP contribution in [0.3, 0.4) is 0 Å². The molecule has 6 nitrogen and oxygen atoms in total. The molecule has 1 aliphatic rings. The lowest BCUT2D eigenvalue weighted by molar-refractivity contribution is -0.895. The molecule has 3 rings (SSSR count). The molecule has 2 aromatic carbocycles. The summed E-state index contributed by atoms with van der Waals surface area (Å²) in [6, 6.07) is 13.9. The predicted molar refractivity (Wildman–Crippen MR) is 123 cm³/mol. The minimum Gasteiger partial charge on any atom is -0.484 e. The smallest absolute Gasteiger partial charge is 0.279 e. The Morgan fingerprint density at radius 2 is 1.65 bits per heavy atom. The molecule has 0 aromatic heterocycles. The molecule has 1 fully saturated rings. The third kappa shape index (κ3) is 6.31. The zero-order chi connectivity index (χ0) is 22.4. The highest BCUT2D eigenvalue weighted by Gasteiger charge is 2.25. The first kappa shape index (κ1) is 22.8. The Morgan fingerprint density at radius 1 is 1.03 bits per heavy atom. The molecule has 2 N–H and O–H groups in total. The van der Waals surface area contributed by atoms with Crippen molar-refractivity contribution in [1.29, 1.82) is 0 Å². The molecular weight excluding hydrogens is 390 g/mol. The van der Waals surface area contributed by atoms with E-state index in [9.17, 15) is 9.59 Å². The number of quaternary nitrogens is 1. The Balaban J connectivity index is 1.41. The van der Waals surface area contributed by atoms with Crippen molar-refractivity contribution in [2.24, 2.45) is 0 Å². The first-order valence-corrected chi connectivity index (χ1v) is 11.0. The van der Waals surface area contributed by atoms with Crippen LogP contribution in [0.25, 0.3) is 0 Å². The summed E-state index contributed by atoms with van der Waals surface area (Å²) in [4.78, 5) is 28.0. The first-order valence-electron chi connectivity index (χ1n) is 11.0. The quantitative estimate of drug-likeness (QED) is 0.716. The second-order valence-electron chi connectivity index (χ2n) is 8.63. The number of rotatable bonds is 7. The number of piperazine rings is 1. The van der Waals surface area contributed by atoms with Gasteiger partial charge in [-0.2, -0.15) is 0 Å². The van der Waals surface area contributed by atoms with Crippen molar-refractivity contribution in [1.82, 2.24) is 4.90 Å². The summed E-state index contributed by atoms with van der Waals surface area (Å²) in [6.07, 6.45) is 0. The van der Waals surface area contributed by atoms with Crippen LogP contribution in [-0.4, -0.2) is 56.0 Å².